The van der Waals surface area contributed by atoms with E-state index in [-0.39, 0.29) is 0 Å². The number of rotatable bonds is 7. The van der Waals surface area contributed by atoms with Gasteiger partial charge in [-0.2, -0.15) is 0 Å². The van der Waals surface area contributed by atoms with E-state index in [2.05, 4.69) is 64.1 Å². The number of pyridine rings is 1. The maximum absolute atomic E-state index is 9.86. The van der Waals surface area contributed by atoms with Gasteiger partial charge in [0.2, 0.25) is 6.41 Å². The highest BCUT2D eigenvalue weighted by atomic mass is 32.1. The lowest BCUT2D eigenvalue weighted by Crippen LogP contribution is -2.43. The molecule has 0 spiro atoms. The summed E-state index contributed by atoms with van der Waals surface area (Å²) < 4.78 is 1.24. The van der Waals surface area contributed by atoms with Crippen molar-refractivity contribution in [2.45, 2.75) is 40.0 Å². The van der Waals surface area contributed by atoms with E-state index < -0.39 is 0 Å². The fourth-order valence-corrected chi connectivity index (χ4v) is 6.09. The van der Waals surface area contributed by atoms with Crippen LogP contribution in [0.25, 0.3) is 37.6 Å². The molecule has 2 N–H and O–H groups in total. The minimum atomic E-state index is 0.741. The first kappa shape index (κ1) is 25.2. The average Bonchev–Trinajstić information content (AvgIpc) is 3.66. The highest BCUT2D eigenvalue weighted by molar-refractivity contribution is 7.22. The van der Waals surface area contributed by atoms with Gasteiger partial charge in [0.1, 0.15) is 5.52 Å². The molecule has 0 saturated carbocycles. The second-order valence-corrected chi connectivity index (χ2v) is 10.8. The summed E-state index contributed by atoms with van der Waals surface area (Å²) in [4.78, 5) is 32.8. The molecule has 0 radical (unpaired) electrons. The number of aromatic amines is 1. The molecular weight excluding hydrogens is 482 g/mol. The van der Waals surface area contributed by atoms with E-state index in [0.717, 1.165) is 90.0 Å². The van der Waals surface area contributed by atoms with Gasteiger partial charge in [0.05, 0.1) is 32.7 Å². The molecule has 0 atom stereocenters. The predicted octanol–water partition coefficient (Wildman–Crippen LogP) is 5.29. The second kappa shape index (κ2) is 11.3. The van der Waals surface area contributed by atoms with Crippen LogP contribution in [-0.2, 0) is 4.79 Å². The summed E-state index contributed by atoms with van der Waals surface area (Å²) in [6.07, 6.45) is 12.4. The van der Waals surface area contributed by atoms with E-state index in [1.54, 1.807) is 16.2 Å². The molecule has 2 aliphatic heterocycles. The molecule has 0 aliphatic carbocycles. The van der Waals surface area contributed by atoms with Crippen LogP contribution in [0.5, 0.6) is 0 Å². The molecule has 2 saturated heterocycles. The van der Waals surface area contributed by atoms with E-state index in [0.29, 0.717) is 0 Å². The number of anilines is 1. The zero-order valence-corrected chi connectivity index (χ0v) is 22.6. The Morgan fingerprint density at radius 1 is 1.24 bits per heavy atom. The third kappa shape index (κ3) is 5.32. The molecule has 2 fully saturated rings. The molecule has 0 aromatic carbocycles. The number of amides is 1. The predicted molar refractivity (Wildman–Crippen MR) is 153 cm³/mol. The van der Waals surface area contributed by atoms with E-state index in [1.165, 1.54) is 23.2 Å². The number of nitrogens with zero attached hydrogens (tertiary/aromatic N) is 5. The number of aromatic nitrogens is 4. The zero-order valence-electron chi connectivity index (χ0n) is 21.8. The monoisotopic (exact) mass is 517 g/mol. The molecule has 4 aromatic heterocycles. The van der Waals surface area contributed by atoms with Crippen LogP contribution in [0.4, 0.5) is 5.69 Å². The molecule has 0 unspecified atom stereocenters. The van der Waals surface area contributed by atoms with Crippen molar-refractivity contribution in [3.63, 3.8) is 0 Å². The van der Waals surface area contributed by atoms with Crippen molar-refractivity contribution in [1.82, 2.24) is 30.2 Å². The molecule has 8 nitrogen and oxygen atoms in total. The number of fused-ring (bicyclic) bond motifs is 2. The summed E-state index contributed by atoms with van der Waals surface area (Å²) >= 11 is 1.76. The number of carbonyl (C=O) groups is 1. The molecule has 0 bridgehead atoms. The van der Waals surface area contributed by atoms with Gasteiger partial charge in [-0.1, -0.05) is 19.9 Å². The molecule has 6 heterocycles. The van der Waals surface area contributed by atoms with Gasteiger partial charge in [-0.3, -0.25) is 9.78 Å². The van der Waals surface area contributed by atoms with Crippen LogP contribution in [0.15, 0.2) is 36.8 Å². The van der Waals surface area contributed by atoms with Crippen molar-refractivity contribution in [1.29, 1.82) is 0 Å². The number of hydrogen-bond acceptors (Lipinski definition) is 7. The van der Waals surface area contributed by atoms with Crippen LogP contribution in [0.2, 0.25) is 0 Å². The fraction of sp³-hybridized carbons (Fsp3) is 0.429. The molecule has 1 amide bonds. The number of H-pyrrole nitrogens is 1. The number of likely N-dealkylation sites (tertiary alicyclic amines) is 1. The van der Waals surface area contributed by atoms with Gasteiger partial charge in [0.15, 0.2) is 5.65 Å². The fourth-order valence-electron chi connectivity index (χ4n) is 4.98. The molecule has 4 aromatic rings. The highest BCUT2D eigenvalue weighted by Crippen LogP contribution is 2.38. The topological polar surface area (TPSA) is 90.0 Å². The second-order valence-electron chi connectivity index (χ2n) is 9.72. The summed E-state index contributed by atoms with van der Waals surface area (Å²) in [5.74, 6) is 0.741. The number of allylic oxidation sites excluding steroid dienone is 1. The van der Waals surface area contributed by atoms with Crippen LogP contribution in [0, 0.1) is 5.92 Å². The Morgan fingerprint density at radius 2 is 2.05 bits per heavy atom. The SMILES string of the molecule is CC/C=C(/NCC)c1c[nH]c2ncc(-c3cc4nccc(N5CCCC5)c4s3)nc12.CC1CN(C=O)C1. The minimum Gasteiger partial charge on any atom is -0.385 e. The Bertz CT molecular complexity index is 1400. The van der Waals surface area contributed by atoms with Gasteiger partial charge < -0.3 is 20.1 Å². The lowest BCUT2D eigenvalue weighted by Gasteiger charge is -2.33. The minimum absolute atomic E-state index is 0.741. The number of nitrogens with one attached hydrogen (secondary N) is 2. The van der Waals surface area contributed by atoms with Gasteiger partial charge in [-0.25, -0.2) is 9.97 Å². The highest BCUT2D eigenvalue weighted by Gasteiger charge is 2.20. The van der Waals surface area contributed by atoms with Crippen molar-refractivity contribution >= 4 is 50.5 Å². The normalized spacial score (nSPS) is 16.1. The van der Waals surface area contributed by atoms with Gasteiger partial charge >= 0.3 is 0 Å². The quantitative estimate of drug-likeness (QED) is 0.324. The molecule has 37 heavy (non-hydrogen) atoms. The van der Waals surface area contributed by atoms with Crippen LogP contribution in [0.1, 0.15) is 45.6 Å². The largest absolute Gasteiger partial charge is 0.385 e. The lowest BCUT2D eigenvalue weighted by molar-refractivity contribution is -0.123. The smallest absolute Gasteiger partial charge is 0.209 e. The average molecular weight is 518 g/mol. The molecule has 6 rings (SSSR count). The van der Waals surface area contributed by atoms with Crippen molar-refractivity contribution in [3.8, 4) is 10.6 Å². The van der Waals surface area contributed by atoms with Crippen LogP contribution in [0.3, 0.4) is 0 Å². The summed E-state index contributed by atoms with van der Waals surface area (Å²) in [5, 5.41) is 3.46. The Kier molecular flexibility index (Phi) is 7.69. The summed E-state index contributed by atoms with van der Waals surface area (Å²) in [5.41, 5.74) is 7.11. The van der Waals surface area contributed by atoms with E-state index in [4.69, 9.17) is 4.98 Å². The molecular formula is C28H35N7OS. The van der Waals surface area contributed by atoms with E-state index in [1.807, 2.05) is 18.6 Å². The van der Waals surface area contributed by atoms with Gasteiger partial charge in [0.25, 0.3) is 0 Å². The third-order valence-corrected chi connectivity index (χ3v) is 7.95. The first-order valence-electron chi connectivity index (χ1n) is 13.2. The summed E-state index contributed by atoms with van der Waals surface area (Å²) in [6, 6.07) is 4.29. The Hall–Kier alpha value is -3.46. The lowest BCUT2D eigenvalue weighted by atomic mass is 10.1. The van der Waals surface area contributed by atoms with Crippen LogP contribution >= 0.6 is 11.3 Å². The Labute approximate surface area is 221 Å². The molecule has 2 aliphatic rings. The van der Waals surface area contributed by atoms with Crippen molar-refractivity contribution < 1.29 is 4.79 Å². The number of hydrogen-bond donors (Lipinski definition) is 2. The maximum Gasteiger partial charge on any atom is 0.209 e. The van der Waals surface area contributed by atoms with Gasteiger partial charge in [-0.05, 0) is 44.2 Å². The number of carbonyl (C=O) groups excluding carboxylic acids is 1. The van der Waals surface area contributed by atoms with Crippen LogP contribution < -0.4 is 10.2 Å². The number of thiophene rings is 1. The van der Waals surface area contributed by atoms with Crippen molar-refractivity contribution in [2.24, 2.45) is 5.92 Å². The van der Waals surface area contributed by atoms with Crippen LogP contribution in [-0.4, -0.2) is 64.0 Å². The summed E-state index contributed by atoms with van der Waals surface area (Å²) in [6.45, 7) is 11.4. The maximum atomic E-state index is 9.86. The van der Waals surface area contributed by atoms with E-state index in [9.17, 15) is 4.79 Å². The molecule has 194 valence electrons. The Morgan fingerprint density at radius 3 is 2.73 bits per heavy atom. The first-order valence-corrected chi connectivity index (χ1v) is 14.0. The van der Waals surface area contributed by atoms with Crippen molar-refractivity contribution in [3.05, 3.63) is 42.4 Å². The molecule has 9 heteroatoms. The van der Waals surface area contributed by atoms with E-state index >= 15 is 0 Å². The van der Waals surface area contributed by atoms with Gasteiger partial charge in [0, 0.05) is 56.4 Å². The standard InChI is InChI=1S/C23H26N6S.C5H9NO/c1-3-7-16(24-4-2)15-13-26-23-21(15)28-18(14-27-23)20-12-17-22(30-20)19(8-9-25-17)29-10-5-6-11-29;1-5-2-6(3-5)4-7/h7-9,12-14,24H,3-6,10-11H2,1-2H3,(H,26,27);4-5H,2-3H2,1H3/b16-7+;. The first-order chi connectivity index (χ1) is 18.1. The third-order valence-electron chi connectivity index (χ3n) is 6.78. The van der Waals surface area contributed by atoms with Crippen molar-refractivity contribution in [2.75, 3.05) is 37.6 Å². The zero-order chi connectivity index (χ0) is 25.8. The Balaban J connectivity index is 0.000000348. The van der Waals surface area contributed by atoms with Gasteiger partial charge in [-0.15, -0.1) is 11.3 Å². The summed E-state index contributed by atoms with van der Waals surface area (Å²) in [7, 11) is 0.